The maximum absolute atomic E-state index is 12.3. The molecule has 0 aliphatic carbocycles. The number of hydrogen-bond donors (Lipinski definition) is 2. The molecule has 1 heterocycles. The molecule has 0 saturated carbocycles. The maximum atomic E-state index is 12.3. The highest BCUT2D eigenvalue weighted by atomic mass is 16.1. The zero-order valence-corrected chi connectivity index (χ0v) is 14.4. The molecule has 0 aliphatic heterocycles. The number of nitrogens with zero attached hydrogens (tertiary/aromatic N) is 3. The Morgan fingerprint density at radius 3 is 2.42 bits per heavy atom. The molecule has 3 rings (SSSR count). The first-order chi connectivity index (χ1) is 12.6. The van der Waals surface area contributed by atoms with E-state index in [2.05, 4.69) is 20.6 Å². The quantitative estimate of drug-likeness (QED) is 0.748. The molecule has 0 spiro atoms. The lowest BCUT2D eigenvalue weighted by Crippen LogP contribution is -2.14. The summed E-state index contributed by atoms with van der Waals surface area (Å²) < 4.78 is 0. The van der Waals surface area contributed by atoms with Crippen LogP contribution in [0, 0.1) is 25.2 Å². The molecule has 0 fully saturated rings. The van der Waals surface area contributed by atoms with Crippen molar-refractivity contribution in [3.05, 3.63) is 77.2 Å². The van der Waals surface area contributed by atoms with Crippen LogP contribution >= 0.6 is 0 Å². The lowest BCUT2D eigenvalue weighted by molar-refractivity contribution is 0.102. The number of hydrogen-bond acceptors (Lipinski definition) is 5. The van der Waals surface area contributed by atoms with Gasteiger partial charge in [-0.15, -0.1) is 0 Å². The Morgan fingerprint density at radius 1 is 1.04 bits per heavy atom. The fraction of sp³-hybridized carbons (Fsp3) is 0.100. The third-order valence-corrected chi connectivity index (χ3v) is 3.87. The van der Waals surface area contributed by atoms with Crippen LogP contribution in [0.3, 0.4) is 0 Å². The molecule has 0 atom stereocenters. The number of benzene rings is 2. The van der Waals surface area contributed by atoms with Crippen LogP contribution in [0.25, 0.3) is 0 Å². The van der Waals surface area contributed by atoms with Crippen molar-refractivity contribution >= 4 is 23.1 Å². The largest absolute Gasteiger partial charge is 0.339 e. The molecule has 6 heteroatoms. The first kappa shape index (κ1) is 17.1. The monoisotopic (exact) mass is 343 g/mol. The number of carbonyl (C=O) groups is 1. The Morgan fingerprint density at radius 2 is 1.77 bits per heavy atom. The van der Waals surface area contributed by atoms with Gasteiger partial charge >= 0.3 is 0 Å². The summed E-state index contributed by atoms with van der Waals surface area (Å²) in [6, 6.07) is 14.7. The second-order valence-electron chi connectivity index (χ2n) is 5.83. The molecule has 0 unspecified atom stereocenters. The van der Waals surface area contributed by atoms with E-state index in [-0.39, 0.29) is 11.6 Å². The molecule has 0 aliphatic rings. The van der Waals surface area contributed by atoms with E-state index in [9.17, 15) is 4.79 Å². The van der Waals surface area contributed by atoms with Crippen molar-refractivity contribution in [3.8, 4) is 6.07 Å². The summed E-state index contributed by atoms with van der Waals surface area (Å²) in [5.41, 5.74) is 4.39. The van der Waals surface area contributed by atoms with Gasteiger partial charge in [0.15, 0.2) is 0 Å². The summed E-state index contributed by atoms with van der Waals surface area (Å²) in [6.45, 7) is 4.03. The zero-order chi connectivity index (χ0) is 18.5. The topological polar surface area (TPSA) is 90.7 Å². The van der Waals surface area contributed by atoms with Crippen molar-refractivity contribution < 1.29 is 4.79 Å². The van der Waals surface area contributed by atoms with Gasteiger partial charge in [0.2, 0.25) is 0 Å². The Hall–Kier alpha value is -3.72. The van der Waals surface area contributed by atoms with Gasteiger partial charge in [0, 0.05) is 11.4 Å². The minimum Gasteiger partial charge on any atom is -0.339 e. The van der Waals surface area contributed by atoms with Crippen molar-refractivity contribution in [2.75, 3.05) is 10.6 Å². The van der Waals surface area contributed by atoms with Crippen LogP contribution in [0.1, 0.15) is 27.2 Å². The average molecular weight is 343 g/mol. The van der Waals surface area contributed by atoms with Gasteiger partial charge in [0.05, 0.1) is 24.0 Å². The Labute approximate surface area is 151 Å². The van der Waals surface area contributed by atoms with Gasteiger partial charge in [-0.3, -0.25) is 4.79 Å². The average Bonchev–Trinajstić information content (AvgIpc) is 2.65. The predicted molar refractivity (Wildman–Crippen MR) is 100 cm³/mol. The second kappa shape index (κ2) is 7.45. The highest BCUT2D eigenvalue weighted by Gasteiger charge is 2.10. The number of para-hydroxylation sites is 1. The predicted octanol–water partition coefficient (Wildman–Crippen LogP) is 3.96. The van der Waals surface area contributed by atoms with Gasteiger partial charge < -0.3 is 10.6 Å². The number of aryl methyl sites for hydroxylation is 2. The van der Waals surface area contributed by atoms with Crippen LogP contribution in [0.2, 0.25) is 0 Å². The molecule has 3 aromatic rings. The minimum atomic E-state index is -0.383. The van der Waals surface area contributed by atoms with Crippen molar-refractivity contribution in [3.63, 3.8) is 0 Å². The van der Waals surface area contributed by atoms with E-state index in [0.29, 0.717) is 17.1 Å². The highest BCUT2D eigenvalue weighted by molar-refractivity contribution is 6.02. The van der Waals surface area contributed by atoms with E-state index < -0.39 is 0 Å². The first-order valence-corrected chi connectivity index (χ1v) is 8.03. The molecule has 26 heavy (non-hydrogen) atoms. The third kappa shape index (κ3) is 3.84. The van der Waals surface area contributed by atoms with Crippen LogP contribution in [-0.2, 0) is 0 Å². The summed E-state index contributed by atoms with van der Waals surface area (Å²) in [4.78, 5) is 20.7. The highest BCUT2D eigenvalue weighted by Crippen LogP contribution is 2.22. The molecule has 0 saturated heterocycles. The van der Waals surface area contributed by atoms with Gasteiger partial charge in [-0.1, -0.05) is 24.3 Å². The minimum absolute atomic E-state index is 0.194. The van der Waals surface area contributed by atoms with Gasteiger partial charge in [-0.05, 0) is 43.2 Å². The summed E-state index contributed by atoms with van der Waals surface area (Å²) in [7, 11) is 0. The zero-order valence-electron chi connectivity index (χ0n) is 14.4. The summed E-state index contributed by atoms with van der Waals surface area (Å²) in [5, 5.41) is 14.8. The van der Waals surface area contributed by atoms with E-state index in [1.165, 1.54) is 12.4 Å². The maximum Gasteiger partial charge on any atom is 0.275 e. The lowest BCUT2D eigenvalue weighted by Gasteiger charge is -2.11. The molecular weight excluding hydrogens is 326 g/mol. The van der Waals surface area contributed by atoms with Crippen molar-refractivity contribution in [2.45, 2.75) is 13.8 Å². The number of nitrogens with one attached hydrogen (secondary N) is 2. The van der Waals surface area contributed by atoms with Gasteiger partial charge in [-0.25, -0.2) is 9.97 Å². The fourth-order valence-corrected chi connectivity index (χ4v) is 2.51. The molecular formula is C20H17N5O. The van der Waals surface area contributed by atoms with Gasteiger partial charge in [0.25, 0.3) is 5.91 Å². The molecule has 1 aromatic heterocycles. The second-order valence-corrected chi connectivity index (χ2v) is 5.83. The number of nitriles is 1. The molecule has 0 radical (unpaired) electrons. The summed E-state index contributed by atoms with van der Waals surface area (Å²) in [6.07, 6.45) is 2.94. The van der Waals surface area contributed by atoms with Crippen molar-refractivity contribution in [2.24, 2.45) is 0 Å². The Bertz CT molecular complexity index is 970. The van der Waals surface area contributed by atoms with Crippen LogP contribution in [0.15, 0.2) is 54.9 Å². The molecule has 2 aromatic carbocycles. The normalized spacial score (nSPS) is 10.0. The molecule has 6 nitrogen and oxygen atoms in total. The van der Waals surface area contributed by atoms with E-state index >= 15 is 0 Å². The van der Waals surface area contributed by atoms with E-state index in [1.807, 2.05) is 38.1 Å². The number of aromatic nitrogens is 2. The van der Waals surface area contributed by atoms with Crippen LogP contribution in [0.5, 0.6) is 0 Å². The molecule has 1 amide bonds. The third-order valence-electron chi connectivity index (χ3n) is 3.87. The lowest BCUT2D eigenvalue weighted by atomic mass is 10.1. The van der Waals surface area contributed by atoms with E-state index in [1.54, 1.807) is 24.3 Å². The van der Waals surface area contributed by atoms with Crippen molar-refractivity contribution in [1.82, 2.24) is 9.97 Å². The van der Waals surface area contributed by atoms with Crippen LogP contribution < -0.4 is 10.6 Å². The molecule has 2 N–H and O–H groups in total. The van der Waals surface area contributed by atoms with Gasteiger partial charge in [0.1, 0.15) is 11.5 Å². The van der Waals surface area contributed by atoms with Gasteiger partial charge in [-0.2, -0.15) is 5.26 Å². The van der Waals surface area contributed by atoms with E-state index in [0.717, 1.165) is 16.8 Å². The van der Waals surface area contributed by atoms with Crippen molar-refractivity contribution in [1.29, 1.82) is 5.26 Å². The number of rotatable bonds is 4. The number of anilines is 3. The summed E-state index contributed by atoms with van der Waals surface area (Å²) in [5.74, 6) is 0.177. The Kier molecular flexibility index (Phi) is 4.90. The molecule has 0 bridgehead atoms. The standard InChI is InChI=1S/C20H17N5O/c1-13-5-3-6-14(2)19(13)25-18-12-22-17(11-23-18)20(26)24-16-8-4-7-15(9-16)10-21/h3-9,11-12H,1-2H3,(H,23,25)(H,24,26). The Balaban J connectivity index is 1.73. The SMILES string of the molecule is Cc1cccc(C)c1Nc1cnc(C(=O)Nc2cccc(C#N)c2)cn1. The first-order valence-electron chi connectivity index (χ1n) is 8.03. The van der Waals surface area contributed by atoms with E-state index in [4.69, 9.17) is 5.26 Å². The number of amides is 1. The van der Waals surface area contributed by atoms with Crippen LogP contribution in [-0.4, -0.2) is 15.9 Å². The molecule has 128 valence electrons. The smallest absolute Gasteiger partial charge is 0.275 e. The number of carbonyl (C=O) groups excluding carboxylic acids is 1. The summed E-state index contributed by atoms with van der Waals surface area (Å²) >= 11 is 0. The van der Waals surface area contributed by atoms with Crippen LogP contribution in [0.4, 0.5) is 17.2 Å². The fourth-order valence-electron chi connectivity index (χ4n) is 2.51.